The first kappa shape index (κ1) is 11.6. The minimum Gasteiger partial charge on any atom is -0.379 e. The average Bonchev–Trinajstić information content (AvgIpc) is 2.38. The van der Waals surface area contributed by atoms with Crippen molar-refractivity contribution in [1.29, 1.82) is 5.26 Å². The topological polar surface area (TPSA) is 48.7 Å². The van der Waals surface area contributed by atoms with Gasteiger partial charge in [-0.2, -0.15) is 5.26 Å². The van der Waals surface area contributed by atoms with E-state index in [1.54, 1.807) is 6.20 Å². The summed E-state index contributed by atoms with van der Waals surface area (Å²) in [5.74, 6) is 0. The third-order valence-corrected chi connectivity index (χ3v) is 2.96. The smallest absolute Gasteiger partial charge is 0.129 e. The third-order valence-electron chi connectivity index (χ3n) is 2.33. The van der Waals surface area contributed by atoms with Gasteiger partial charge in [-0.05, 0) is 45.8 Å². The number of nitrogens with zero attached hydrogens (tertiary/aromatic N) is 2. The van der Waals surface area contributed by atoms with Crippen LogP contribution in [0, 0.1) is 11.3 Å². The highest BCUT2D eigenvalue weighted by molar-refractivity contribution is 9.10. The van der Waals surface area contributed by atoms with Crippen molar-refractivity contribution in [1.82, 2.24) is 4.98 Å². The number of hydrogen-bond donors (Lipinski definition) is 1. The summed E-state index contributed by atoms with van der Waals surface area (Å²) in [5, 5.41) is 12.0. The lowest BCUT2D eigenvalue weighted by molar-refractivity contribution is 1.13. The van der Waals surface area contributed by atoms with E-state index in [-0.39, 0.29) is 0 Å². The molecule has 2 aromatic rings. The number of nitrogens with one attached hydrogen (secondary N) is 1. The van der Waals surface area contributed by atoms with E-state index in [9.17, 15) is 0 Å². The van der Waals surface area contributed by atoms with Gasteiger partial charge in [0.1, 0.15) is 4.60 Å². The third kappa shape index (κ3) is 3.05. The predicted octanol–water partition coefficient (Wildman–Crippen LogP) is 3.33. The second-order valence-corrected chi connectivity index (χ2v) is 4.26. The second-order valence-electron chi connectivity index (χ2n) is 3.50. The van der Waals surface area contributed by atoms with E-state index >= 15 is 0 Å². The van der Waals surface area contributed by atoms with Gasteiger partial charge in [-0.15, -0.1) is 0 Å². The molecule has 1 aromatic heterocycles. The van der Waals surface area contributed by atoms with Crippen LogP contribution in [0.3, 0.4) is 0 Å². The molecule has 1 aromatic carbocycles. The molecule has 1 heterocycles. The monoisotopic (exact) mass is 287 g/mol. The van der Waals surface area contributed by atoms with Crippen molar-refractivity contribution in [3.05, 3.63) is 58.3 Å². The largest absolute Gasteiger partial charge is 0.379 e. The Kier molecular flexibility index (Phi) is 3.73. The number of benzene rings is 1. The van der Waals surface area contributed by atoms with Crippen molar-refractivity contribution in [3.8, 4) is 6.07 Å². The standard InChI is InChI=1S/C13H10BrN3/c14-13-12(2-1-7-16-13)17-9-11-5-3-10(8-15)4-6-11/h1-7,17H,9H2. The highest BCUT2D eigenvalue weighted by Gasteiger charge is 1.99. The molecule has 0 spiro atoms. The van der Waals surface area contributed by atoms with Gasteiger partial charge < -0.3 is 5.32 Å². The van der Waals surface area contributed by atoms with Crippen molar-refractivity contribution in [3.63, 3.8) is 0 Å². The second kappa shape index (κ2) is 5.46. The zero-order valence-electron chi connectivity index (χ0n) is 9.02. The first-order valence-corrected chi connectivity index (χ1v) is 5.92. The number of pyridine rings is 1. The maximum atomic E-state index is 8.69. The summed E-state index contributed by atoms with van der Waals surface area (Å²) in [6.45, 7) is 0.704. The summed E-state index contributed by atoms with van der Waals surface area (Å²) in [6, 6.07) is 13.4. The molecule has 3 nitrogen and oxygen atoms in total. The Hall–Kier alpha value is -1.86. The molecule has 84 valence electrons. The molecule has 0 amide bonds. The first-order valence-electron chi connectivity index (χ1n) is 5.13. The zero-order valence-corrected chi connectivity index (χ0v) is 10.6. The van der Waals surface area contributed by atoms with Gasteiger partial charge in [-0.25, -0.2) is 4.98 Å². The van der Waals surface area contributed by atoms with Crippen LogP contribution in [0.1, 0.15) is 11.1 Å². The Bertz CT molecular complexity index is 543. The number of anilines is 1. The molecular formula is C13H10BrN3. The van der Waals surface area contributed by atoms with E-state index in [0.717, 1.165) is 15.9 Å². The van der Waals surface area contributed by atoms with Crippen LogP contribution in [-0.2, 0) is 6.54 Å². The molecule has 0 fully saturated rings. The van der Waals surface area contributed by atoms with Gasteiger partial charge in [0, 0.05) is 12.7 Å². The maximum Gasteiger partial charge on any atom is 0.129 e. The Morgan fingerprint density at radius 3 is 2.65 bits per heavy atom. The number of halogens is 1. The van der Waals surface area contributed by atoms with Crippen LogP contribution in [0.25, 0.3) is 0 Å². The lowest BCUT2D eigenvalue weighted by Gasteiger charge is -2.07. The quantitative estimate of drug-likeness (QED) is 0.881. The van der Waals surface area contributed by atoms with Gasteiger partial charge in [0.05, 0.1) is 17.3 Å². The molecule has 0 aliphatic carbocycles. The van der Waals surface area contributed by atoms with E-state index < -0.39 is 0 Å². The number of rotatable bonds is 3. The van der Waals surface area contributed by atoms with Crippen LogP contribution in [0.15, 0.2) is 47.2 Å². The molecule has 0 saturated heterocycles. The number of aromatic nitrogens is 1. The summed E-state index contributed by atoms with van der Waals surface area (Å²) in [4.78, 5) is 4.13. The lowest BCUT2D eigenvalue weighted by Crippen LogP contribution is -2.00. The predicted molar refractivity (Wildman–Crippen MR) is 70.4 cm³/mol. The molecule has 17 heavy (non-hydrogen) atoms. The molecule has 0 aliphatic rings. The van der Waals surface area contributed by atoms with Gasteiger partial charge >= 0.3 is 0 Å². The molecule has 0 aliphatic heterocycles. The van der Waals surface area contributed by atoms with Crippen molar-refractivity contribution >= 4 is 21.6 Å². The highest BCUT2D eigenvalue weighted by Crippen LogP contribution is 2.19. The van der Waals surface area contributed by atoms with Crippen molar-refractivity contribution in [2.45, 2.75) is 6.54 Å². The van der Waals surface area contributed by atoms with E-state index in [2.05, 4.69) is 32.3 Å². The first-order chi connectivity index (χ1) is 8.29. The van der Waals surface area contributed by atoms with Crippen molar-refractivity contribution in [2.75, 3.05) is 5.32 Å². The van der Waals surface area contributed by atoms with E-state index in [1.165, 1.54) is 0 Å². The van der Waals surface area contributed by atoms with Crippen LogP contribution in [0.5, 0.6) is 0 Å². The van der Waals surface area contributed by atoms with Gasteiger partial charge in [0.15, 0.2) is 0 Å². The van der Waals surface area contributed by atoms with Gasteiger partial charge in [-0.1, -0.05) is 12.1 Å². The van der Waals surface area contributed by atoms with Crippen LogP contribution in [-0.4, -0.2) is 4.98 Å². The number of nitriles is 1. The van der Waals surface area contributed by atoms with Crippen LogP contribution in [0.4, 0.5) is 5.69 Å². The molecule has 0 bridgehead atoms. The Balaban J connectivity index is 2.03. The zero-order chi connectivity index (χ0) is 12.1. The summed E-state index contributed by atoms with van der Waals surface area (Å²) in [6.07, 6.45) is 1.73. The normalized spacial score (nSPS) is 9.65. The Labute approximate surface area is 108 Å². The minimum atomic E-state index is 0.677. The molecular weight excluding hydrogens is 278 g/mol. The highest BCUT2D eigenvalue weighted by atomic mass is 79.9. The van der Waals surface area contributed by atoms with Crippen LogP contribution in [0.2, 0.25) is 0 Å². The fourth-order valence-electron chi connectivity index (χ4n) is 1.41. The van der Waals surface area contributed by atoms with Crippen LogP contribution < -0.4 is 5.32 Å². The Morgan fingerprint density at radius 2 is 2.00 bits per heavy atom. The average molecular weight is 288 g/mol. The maximum absolute atomic E-state index is 8.69. The van der Waals surface area contributed by atoms with Crippen molar-refractivity contribution < 1.29 is 0 Å². The number of hydrogen-bond acceptors (Lipinski definition) is 3. The Morgan fingerprint density at radius 1 is 1.24 bits per heavy atom. The SMILES string of the molecule is N#Cc1ccc(CNc2cccnc2Br)cc1. The van der Waals surface area contributed by atoms with E-state index in [4.69, 9.17) is 5.26 Å². The van der Waals surface area contributed by atoms with E-state index in [0.29, 0.717) is 12.1 Å². The molecule has 0 unspecified atom stereocenters. The minimum absolute atomic E-state index is 0.677. The van der Waals surface area contributed by atoms with Gasteiger partial charge in [-0.3, -0.25) is 0 Å². The molecule has 4 heteroatoms. The summed E-state index contributed by atoms with van der Waals surface area (Å²) >= 11 is 3.38. The summed E-state index contributed by atoms with van der Waals surface area (Å²) < 4.78 is 0.800. The molecule has 1 N–H and O–H groups in total. The van der Waals surface area contributed by atoms with Crippen molar-refractivity contribution in [2.24, 2.45) is 0 Å². The molecule has 2 rings (SSSR count). The molecule has 0 atom stereocenters. The molecule has 0 radical (unpaired) electrons. The fraction of sp³-hybridized carbons (Fsp3) is 0.0769. The van der Waals surface area contributed by atoms with Crippen LogP contribution >= 0.6 is 15.9 Å². The fourth-order valence-corrected chi connectivity index (χ4v) is 1.80. The summed E-state index contributed by atoms with van der Waals surface area (Å²) in [5.41, 5.74) is 2.76. The summed E-state index contributed by atoms with van der Waals surface area (Å²) in [7, 11) is 0. The van der Waals surface area contributed by atoms with E-state index in [1.807, 2.05) is 36.4 Å². The lowest BCUT2D eigenvalue weighted by atomic mass is 10.1. The van der Waals surface area contributed by atoms with Gasteiger partial charge in [0.2, 0.25) is 0 Å². The molecule has 0 saturated carbocycles. The van der Waals surface area contributed by atoms with Gasteiger partial charge in [0.25, 0.3) is 0 Å².